The fourth-order valence-corrected chi connectivity index (χ4v) is 4.73. The molecule has 4 rings (SSSR count). The van der Waals surface area contributed by atoms with Crippen LogP contribution in [-0.4, -0.2) is 24.2 Å². The van der Waals surface area contributed by atoms with Gasteiger partial charge in [0, 0.05) is 22.3 Å². The third-order valence-corrected chi connectivity index (χ3v) is 6.32. The number of quaternary nitrogens is 1. The van der Waals surface area contributed by atoms with E-state index in [4.69, 9.17) is 4.42 Å². The average Bonchev–Trinajstić information content (AvgIpc) is 3.18. The van der Waals surface area contributed by atoms with Crippen molar-refractivity contribution in [3.8, 4) is 0 Å². The number of para-hydroxylation sites is 1. The van der Waals surface area contributed by atoms with Crippen LogP contribution in [0.2, 0.25) is 0 Å². The van der Waals surface area contributed by atoms with Crippen molar-refractivity contribution < 1.29 is 14.5 Å². The maximum Gasteiger partial charge on any atom is 0.282 e. The summed E-state index contributed by atoms with van der Waals surface area (Å²) in [7, 11) is 0. The first kappa shape index (κ1) is 18.8. The molecule has 2 heterocycles. The lowest BCUT2D eigenvalue weighted by atomic mass is 10.0. The molecule has 0 fully saturated rings. The molecular formula is C23H25N2O2S+. The van der Waals surface area contributed by atoms with Crippen LogP contribution in [0.3, 0.4) is 0 Å². The molecule has 0 saturated carbocycles. The van der Waals surface area contributed by atoms with Crippen molar-refractivity contribution in [1.82, 2.24) is 0 Å². The van der Waals surface area contributed by atoms with Gasteiger partial charge in [0.15, 0.2) is 18.3 Å². The van der Waals surface area contributed by atoms with E-state index in [9.17, 15) is 4.79 Å². The van der Waals surface area contributed by atoms with Gasteiger partial charge in [-0.1, -0.05) is 49.4 Å². The first-order valence-electron chi connectivity index (χ1n) is 9.70. The van der Waals surface area contributed by atoms with Crippen molar-refractivity contribution >= 4 is 23.4 Å². The number of carbonyl (C=O) groups excluding carboxylic acids is 1. The lowest BCUT2D eigenvalue weighted by Gasteiger charge is -2.23. The van der Waals surface area contributed by atoms with Crippen molar-refractivity contribution in [2.24, 2.45) is 0 Å². The van der Waals surface area contributed by atoms with Crippen LogP contribution in [0.1, 0.15) is 30.7 Å². The van der Waals surface area contributed by atoms with Crippen LogP contribution in [0.5, 0.6) is 0 Å². The summed E-state index contributed by atoms with van der Waals surface area (Å²) in [5.41, 5.74) is 2.16. The van der Waals surface area contributed by atoms with Crippen LogP contribution in [0, 0.1) is 0 Å². The third kappa shape index (κ3) is 4.16. The third-order valence-electron chi connectivity index (χ3n) is 5.08. The molecule has 5 heteroatoms. The summed E-state index contributed by atoms with van der Waals surface area (Å²) in [4.78, 5) is 16.3. The van der Waals surface area contributed by atoms with Crippen LogP contribution >= 0.6 is 11.8 Å². The number of fused-ring (bicyclic) bond motifs is 1. The van der Waals surface area contributed by atoms with Gasteiger partial charge in [0.25, 0.3) is 5.91 Å². The largest absolute Gasteiger partial charge is 0.463 e. The number of hydrogen-bond acceptors (Lipinski definition) is 3. The number of rotatable bonds is 5. The Hall–Kier alpha value is -2.50. The molecule has 0 unspecified atom stereocenters. The molecule has 0 bridgehead atoms. The minimum Gasteiger partial charge on any atom is -0.463 e. The molecule has 1 amide bonds. The number of benzene rings is 2. The zero-order valence-corrected chi connectivity index (χ0v) is 16.8. The molecule has 2 atom stereocenters. The Morgan fingerprint density at radius 3 is 2.71 bits per heavy atom. The van der Waals surface area contributed by atoms with Gasteiger partial charge >= 0.3 is 0 Å². The van der Waals surface area contributed by atoms with Gasteiger partial charge in [-0.3, -0.25) is 4.79 Å². The van der Waals surface area contributed by atoms with E-state index in [0.717, 1.165) is 30.0 Å². The molecule has 0 aliphatic carbocycles. The lowest BCUT2D eigenvalue weighted by molar-refractivity contribution is -0.678. The number of nitrogens with zero attached hydrogens (tertiary/aromatic N) is 1. The van der Waals surface area contributed by atoms with E-state index in [-0.39, 0.29) is 11.9 Å². The number of carbonyl (C=O) groups is 1. The quantitative estimate of drug-likeness (QED) is 0.716. The molecule has 2 aromatic carbocycles. The van der Waals surface area contributed by atoms with E-state index in [2.05, 4.69) is 36.5 Å². The summed E-state index contributed by atoms with van der Waals surface area (Å²) in [5.74, 6) is 0.995. The fourth-order valence-electron chi connectivity index (χ4n) is 3.62. The number of thioether (sulfide) groups is 1. The number of furan rings is 1. The number of nitrogens with two attached hydrogens (primary N) is 1. The van der Waals surface area contributed by atoms with Gasteiger partial charge in [-0.2, -0.15) is 0 Å². The predicted molar refractivity (Wildman–Crippen MR) is 113 cm³/mol. The molecule has 1 aliphatic heterocycles. The highest BCUT2D eigenvalue weighted by molar-refractivity contribution is 8.00. The molecule has 1 aromatic heterocycles. The average molecular weight is 394 g/mol. The number of amides is 1. The Balaban J connectivity index is 1.53. The summed E-state index contributed by atoms with van der Waals surface area (Å²) >= 11 is 1.85. The van der Waals surface area contributed by atoms with E-state index >= 15 is 0 Å². The Labute approximate surface area is 169 Å². The van der Waals surface area contributed by atoms with Crippen molar-refractivity contribution in [1.29, 1.82) is 0 Å². The summed E-state index contributed by atoms with van der Waals surface area (Å²) in [6, 6.07) is 22.2. The predicted octanol–water partition coefficient (Wildman–Crippen LogP) is 3.85. The smallest absolute Gasteiger partial charge is 0.282 e. The molecule has 0 spiro atoms. The first-order valence-corrected chi connectivity index (χ1v) is 10.6. The molecule has 144 valence electrons. The van der Waals surface area contributed by atoms with E-state index in [1.807, 2.05) is 59.1 Å². The molecule has 0 saturated heterocycles. The van der Waals surface area contributed by atoms with E-state index in [1.165, 1.54) is 4.90 Å². The first-order chi connectivity index (χ1) is 13.7. The second-order valence-corrected chi connectivity index (χ2v) is 8.55. The molecule has 2 N–H and O–H groups in total. The molecule has 0 radical (unpaired) electrons. The van der Waals surface area contributed by atoms with Crippen LogP contribution < -0.4 is 10.2 Å². The van der Waals surface area contributed by atoms with E-state index in [1.54, 1.807) is 6.26 Å². The van der Waals surface area contributed by atoms with Crippen LogP contribution in [0.4, 0.5) is 5.69 Å². The standard InChI is InChI=1S/C23H24N2O2S/c1-17-13-14-25(19-10-5-6-12-21(19)28-17)22(26)16-24-23(20-11-7-15-27-20)18-8-3-2-4-9-18/h2-12,15,17,23-24H,13-14,16H2,1H3/p+1/t17-,23+/m1/s1. The summed E-state index contributed by atoms with van der Waals surface area (Å²) < 4.78 is 5.66. The van der Waals surface area contributed by atoms with Gasteiger partial charge in [0.05, 0.1) is 12.0 Å². The Bertz CT molecular complexity index is 911. The van der Waals surface area contributed by atoms with Crippen LogP contribution in [-0.2, 0) is 4.79 Å². The fraction of sp³-hybridized carbons (Fsp3) is 0.261. The highest BCUT2D eigenvalue weighted by Gasteiger charge is 2.27. The Morgan fingerprint density at radius 1 is 1.14 bits per heavy atom. The van der Waals surface area contributed by atoms with Gasteiger partial charge < -0.3 is 14.6 Å². The van der Waals surface area contributed by atoms with Gasteiger partial charge in [-0.05, 0) is 30.7 Å². The van der Waals surface area contributed by atoms with E-state index in [0.29, 0.717) is 11.8 Å². The van der Waals surface area contributed by atoms with Crippen molar-refractivity contribution in [2.75, 3.05) is 18.0 Å². The van der Waals surface area contributed by atoms with Gasteiger partial charge in [0.2, 0.25) is 0 Å². The summed E-state index contributed by atoms with van der Waals surface area (Å²) in [6.07, 6.45) is 2.68. The normalized spacial score (nSPS) is 17.6. The number of hydrogen-bond donors (Lipinski definition) is 1. The Morgan fingerprint density at radius 2 is 1.93 bits per heavy atom. The second-order valence-electron chi connectivity index (χ2n) is 7.07. The topological polar surface area (TPSA) is 50.1 Å². The van der Waals surface area contributed by atoms with Crippen LogP contribution in [0.25, 0.3) is 0 Å². The lowest BCUT2D eigenvalue weighted by Crippen LogP contribution is -2.87. The zero-order chi connectivity index (χ0) is 19.3. The second kappa shape index (κ2) is 8.67. The maximum atomic E-state index is 13.2. The maximum absolute atomic E-state index is 13.2. The molecule has 28 heavy (non-hydrogen) atoms. The highest BCUT2D eigenvalue weighted by Crippen LogP contribution is 2.37. The minimum absolute atomic E-state index is 0.0318. The minimum atomic E-state index is -0.0318. The van der Waals surface area contributed by atoms with Crippen molar-refractivity contribution in [2.45, 2.75) is 29.5 Å². The molecule has 1 aliphatic rings. The monoisotopic (exact) mass is 393 g/mol. The summed E-state index contributed by atoms with van der Waals surface area (Å²) in [5, 5.41) is 2.57. The van der Waals surface area contributed by atoms with E-state index < -0.39 is 0 Å². The van der Waals surface area contributed by atoms with Gasteiger partial charge in [-0.25, -0.2) is 0 Å². The molecule has 3 aromatic rings. The van der Waals surface area contributed by atoms with Crippen molar-refractivity contribution in [3.05, 3.63) is 84.3 Å². The zero-order valence-electron chi connectivity index (χ0n) is 16.0. The summed E-state index contributed by atoms with van der Waals surface area (Å²) in [6.45, 7) is 3.35. The SMILES string of the molecule is C[C@@H]1CCN(C(=O)C[NH2+][C@@H](c2ccccc2)c2ccco2)c2ccccc2S1. The van der Waals surface area contributed by atoms with Gasteiger partial charge in [0.1, 0.15) is 0 Å². The Kier molecular flexibility index (Phi) is 5.84. The molecular weight excluding hydrogens is 368 g/mol. The number of anilines is 1. The van der Waals surface area contributed by atoms with Crippen LogP contribution in [0.15, 0.2) is 82.3 Å². The van der Waals surface area contributed by atoms with Crippen molar-refractivity contribution in [3.63, 3.8) is 0 Å². The highest BCUT2D eigenvalue weighted by atomic mass is 32.2. The van der Waals surface area contributed by atoms with Gasteiger partial charge in [-0.15, -0.1) is 11.8 Å². The molecule has 4 nitrogen and oxygen atoms in total.